The molecular formula is C29H32O8. The summed E-state index contributed by atoms with van der Waals surface area (Å²) in [5, 5.41) is 0. The van der Waals surface area contributed by atoms with Gasteiger partial charge in [-0.25, -0.2) is 9.59 Å². The van der Waals surface area contributed by atoms with Crippen molar-refractivity contribution < 1.29 is 38.0 Å². The summed E-state index contributed by atoms with van der Waals surface area (Å²) in [7, 11) is 4.35. The molecule has 0 aromatic heterocycles. The van der Waals surface area contributed by atoms with Crippen molar-refractivity contribution in [2.45, 2.75) is 34.3 Å². The van der Waals surface area contributed by atoms with E-state index in [4.69, 9.17) is 28.4 Å². The van der Waals surface area contributed by atoms with Gasteiger partial charge in [-0.2, -0.15) is 0 Å². The van der Waals surface area contributed by atoms with Crippen molar-refractivity contribution in [2.24, 2.45) is 0 Å². The van der Waals surface area contributed by atoms with Crippen LogP contribution in [0.1, 0.15) is 48.5 Å². The molecule has 3 aromatic rings. The first kappa shape index (κ1) is 27.5. The third kappa shape index (κ3) is 6.03. The summed E-state index contributed by atoms with van der Waals surface area (Å²) in [6.07, 6.45) is 0. The fourth-order valence-electron chi connectivity index (χ4n) is 4.05. The van der Waals surface area contributed by atoms with Crippen molar-refractivity contribution in [1.29, 1.82) is 0 Å². The molecule has 0 fully saturated rings. The van der Waals surface area contributed by atoms with Crippen LogP contribution in [0, 0.1) is 27.7 Å². The van der Waals surface area contributed by atoms with E-state index in [1.165, 1.54) is 21.3 Å². The monoisotopic (exact) mass is 508 g/mol. The van der Waals surface area contributed by atoms with E-state index in [2.05, 4.69) is 0 Å². The smallest absolute Gasteiger partial charge is 0.347 e. The summed E-state index contributed by atoms with van der Waals surface area (Å²) in [5.74, 6) is 0.259. The Bertz CT molecular complexity index is 1280. The Kier molecular flexibility index (Phi) is 9.14. The molecule has 0 amide bonds. The molecule has 0 radical (unpaired) electrons. The Labute approximate surface area is 217 Å². The lowest BCUT2D eigenvalue weighted by molar-refractivity contribution is -0.0128. The Morgan fingerprint density at radius 2 is 1.46 bits per heavy atom. The van der Waals surface area contributed by atoms with Crippen LogP contribution in [0.25, 0.3) is 0 Å². The van der Waals surface area contributed by atoms with Crippen molar-refractivity contribution in [1.82, 2.24) is 0 Å². The van der Waals surface area contributed by atoms with Gasteiger partial charge in [0, 0.05) is 18.7 Å². The summed E-state index contributed by atoms with van der Waals surface area (Å²) in [4.78, 5) is 26.0. The summed E-state index contributed by atoms with van der Waals surface area (Å²) >= 11 is 0. The van der Waals surface area contributed by atoms with Crippen LogP contribution >= 0.6 is 0 Å². The number of benzene rings is 3. The lowest BCUT2D eigenvalue weighted by atomic mass is 9.97. The molecule has 3 rings (SSSR count). The zero-order valence-electron chi connectivity index (χ0n) is 22.2. The van der Waals surface area contributed by atoms with Gasteiger partial charge in [-0.05, 0) is 56.0 Å². The number of hydrogen-bond acceptors (Lipinski definition) is 8. The van der Waals surface area contributed by atoms with Crippen LogP contribution in [0.5, 0.6) is 23.0 Å². The van der Waals surface area contributed by atoms with Crippen LogP contribution in [-0.2, 0) is 16.1 Å². The maximum atomic E-state index is 13.4. The first-order chi connectivity index (χ1) is 17.7. The number of rotatable bonds is 10. The van der Waals surface area contributed by atoms with E-state index in [-0.39, 0.29) is 23.7 Å². The number of carbonyl (C=O) groups is 2. The summed E-state index contributed by atoms with van der Waals surface area (Å²) in [6.45, 7) is 7.19. The molecule has 37 heavy (non-hydrogen) atoms. The Morgan fingerprint density at radius 1 is 0.757 bits per heavy atom. The fourth-order valence-corrected chi connectivity index (χ4v) is 4.05. The lowest BCUT2D eigenvalue weighted by Gasteiger charge is -2.21. The topological polar surface area (TPSA) is 89.5 Å². The van der Waals surface area contributed by atoms with Gasteiger partial charge in [0.2, 0.25) is 0 Å². The van der Waals surface area contributed by atoms with Crippen LogP contribution in [0.3, 0.4) is 0 Å². The standard InChI is InChI=1S/C29H32O8/c1-17-13-22(35-15-21-11-9-8-10-12-21)14-23(33-6)24(17)29(31)37-26-19(3)18(2)25(27(34-7)20(26)4)28(30)36-16-32-5/h8-14H,15-16H2,1-7H3. The molecule has 0 aliphatic rings. The molecule has 0 atom stereocenters. The second kappa shape index (κ2) is 12.3. The normalized spacial score (nSPS) is 10.6. The maximum Gasteiger partial charge on any atom is 0.347 e. The maximum absolute atomic E-state index is 13.4. The number of aryl methyl sites for hydroxylation is 1. The van der Waals surface area contributed by atoms with Crippen LogP contribution in [0.15, 0.2) is 42.5 Å². The number of ether oxygens (including phenoxy) is 6. The quantitative estimate of drug-likeness (QED) is 0.202. The average molecular weight is 509 g/mol. The van der Waals surface area contributed by atoms with E-state index in [1.807, 2.05) is 30.3 Å². The Morgan fingerprint density at radius 3 is 2.08 bits per heavy atom. The molecule has 0 aliphatic heterocycles. The second-order valence-corrected chi connectivity index (χ2v) is 8.43. The van der Waals surface area contributed by atoms with Gasteiger partial charge in [0.1, 0.15) is 40.7 Å². The van der Waals surface area contributed by atoms with Crippen molar-refractivity contribution in [3.05, 3.63) is 81.4 Å². The number of hydrogen-bond donors (Lipinski definition) is 0. The highest BCUT2D eigenvalue weighted by atomic mass is 16.7. The van der Waals surface area contributed by atoms with E-state index in [0.717, 1.165) is 5.56 Å². The zero-order chi connectivity index (χ0) is 27.1. The van der Waals surface area contributed by atoms with Crippen LogP contribution in [0.4, 0.5) is 0 Å². The van der Waals surface area contributed by atoms with E-state index in [0.29, 0.717) is 46.1 Å². The SMILES string of the molecule is COCOC(=O)c1c(C)c(C)c(OC(=O)c2c(C)cc(OCc3ccccc3)cc2OC)c(C)c1OC. The zero-order valence-corrected chi connectivity index (χ0v) is 22.2. The molecule has 3 aromatic carbocycles. The van der Waals surface area contributed by atoms with E-state index >= 15 is 0 Å². The molecule has 0 bridgehead atoms. The Hall–Kier alpha value is -4.04. The van der Waals surface area contributed by atoms with Gasteiger partial charge in [0.15, 0.2) is 6.79 Å². The number of esters is 2. The predicted molar refractivity (Wildman–Crippen MR) is 138 cm³/mol. The van der Waals surface area contributed by atoms with Gasteiger partial charge in [0.25, 0.3) is 0 Å². The molecule has 8 nitrogen and oxygen atoms in total. The van der Waals surface area contributed by atoms with Gasteiger partial charge < -0.3 is 28.4 Å². The molecule has 0 heterocycles. The van der Waals surface area contributed by atoms with Crippen LogP contribution in [-0.4, -0.2) is 40.1 Å². The largest absolute Gasteiger partial charge is 0.496 e. The highest BCUT2D eigenvalue weighted by Crippen LogP contribution is 2.39. The highest BCUT2D eigenvalue weighted by Gasteiger charge is 2.28. The van der Waals surface area contributed by atoms with Gasteiger partial charge >= 0.3 is 11.9 Å². The molecule has 0 saturated carbocycles. The predicted octanol–water partition coefficient (Wildman–Crippen LogP) is 5.50. The van der Waals surface area contributed by atoms with Crippen molar-refractivity contribution >= 4 is 11.9 Å². The molecule has 0 unspecified atom stereocenters. The molecule has 0 saturated heterocycles. The van der Waals surface area contributed by atoms with Gasteiger partial charge in [0.05, 0.1) is 14.2 Å². The minimum Gasteiger partial charge on any atom is -0.496 e. The van der Waals surface area contributed by atoms with Crippen molar-refractivity contribution in [3.63, 3.8) is 0 Å². The summed E-state index contributed by atoms with van der Waals surface area (Å²) in [5.41, 5.74) is 3.84. The highest BCUT2D eigenvalue weighted by molar-refractivity contribution is 5.98. The van der Waals surface area contributed by atoms with Crippen LogP contribution < -0.4 is 18.9 Å². The van der Waals surface area contributed by atoms with Crippen molar-refractivity contribution in [3.8, 4) is 23.0 Å². The first-order valence-corrected chi connectivity index (χ1v) is 11.6. The van der Waals surface area contributed by atoms with E-state index in [9.17, 15) is 9.59 Å². The van der Waals surface area contributed by atoms with Crippen molar-refractivity contribution in [2.75, 3.05) is 28.1 Å². The lowest BCUT2D eigenvalue weighted by Crippen LogP contribution is -2.17. The first-order valence-electron chi connectivity index (χ1n) is 11.6. The number of methoxy groups -OCH3 is 3. The minimum atomic E-state index is -0.605. The fraction of sp³-hybridized carbons (Fsp3) is 0.310. The minimum absolute atomic E-state index is 0.194. The van der Waals surface area contributed by atoms with Gasteiger partial charge in [-0.15, -0.1) is 0 Å². The average Bonchev–Trinajstić information content (AvgIpc) is 2.90. The Balaban J connectivity index is 1.93. The second-order valence-electron chi connectivity index (χ2n) is 8.43. The molecule has 0 spiro atoms. The molecule has 0 aliphatic carbocycles. The molecular weight excluding hydrogens is 476 g/mol. The van der Waals surface area contributed by atoms with Crippen LogP contribution in [0.2, 0.25) is 0 Å². The summed E-state index contributed by atoms with van der Waals surface area (Å²) in [6, 6.07) is 13.2. The van der Waals surface area contributed by atoms with Gasteiger partial charge in [-0.1, -0.05) is 30.3 Å². The summed E-state index contributed by atoms with van der Waals surface area (Å²) < 4.78 is 32.8. The van der Waals surface area contributed by atoms with Gasteiger partial charge in [-0.3, -0.25) is 0 Å². The third-order valence-corrected chi connectivity index (χ3v) is 6.04. The van der Waals surface area contributed by atoms with E-state index in [1.54, 1.807) is 39.8 Å². The molecule has 196 valence electrons. The third-order valence-electron chi connectivity index (χ3n) is 6.04. The number of carbonyl (C=O) groups excluding carboxylic acids is 2. The molecule has 8 heteroatoms. The van der Waals surface area contributed by atoms with E-state index < -0.39 is 11.9 Å². The molecule has 0 N–H and O–H groups in total.